The predicted molar refractivity (Wildman–Crippen MR) is 58.4 cm³/mol. The van der Waals surface area contributed by atoms with Gasteiger partial charge in [-0.15, -0.1) is 0 Å². The SMILES string of the molecule is Cc1c(Cl)c(C)c(CN)c(O)c1CN. The van der Waals surface area contributed by atoms with Gasteiger partial charge in [-0.3, -0.25) is 0 Å². The first-order valence-corrected chi connectivity index (χ1v) is 4.81. The van der Waals surface area contributed by atoms with E-state index in [1.165, 1.54) is 0 Å². The third-order valence-electron chi connectivity index (χ3n) is 2.54. The maximum absolute atomic E-state index is 9.86. The molecule has 0 fully saturated rings. The predicted octanol–water partition coefficient (Wildman–Crippen LogP) is 1.58. The van der Waals surface area contributed by atoms with Gasteiger partial charge in [0.2, 0.25) is 0 Å². The Balaban J connectivity index is 3.56. The number of aromatic hydroxyl groups is 1. The van der Waals surface area contributed by atoms with Crippen LogP contribution in [0.2, 0.25) is 5.02 Å². The first-order chi connectivity index (χ1) is 6.54. The van der Waals surface area contributed by atoms with E-state index in [0.29, 0.717) is 16.1 Å². The van der Waals surface area contributed by atoms with Crippen LogP contribution in [0.15, 0.2) is 0 Å². The molecule has 14 heavy (non-hydrogen) atoms. The summed E-state index contributed by atoms with van der Waals surface area (Å²) in [6, 6.07) is 0. The van der Waals surface area contributed by atoms with Crippen molar-refractivity contribution in [3.05, 3.63) is 27.3 Å². The molecule has 0 saturated carbocycles. The van der Waals surface area contributed by atoms with Crippen molar-refractivity contribution in [1.29, 1.82) is 0 Å². The van der Waals surface area contributed by atoms with Gasteiger partial charge < -0.3 is 16.6 Å². The number of hydrogen-bond donors (Lipinski definition) is 3. The molecule has 1 aromatic carbocycles. The number of benzene rings is 1. The van der Waals surface area contributed by atoms with Crippen LogP contribution >= 0.6 is 11.6 Å². The zero-order chi connectivity index (χ0) is 10.9. The first-order valence-electron chi connectivity index (χ1n) is 4.44. The standard InChI is InChI=1S/C10H15ClN2O/c1-5-7(3-12)10(14)8(4-13)6(2)9(5)11/h14H,3-4,12-13H2,1-2H3. The third-order valence-corrected chi connectivity index (χ3v) is 3.11. The fraction of sp³-hybridized carbons (Fsp3) is 0.400. The minimum Gasteiger partial charge on any atom is -0.507 e. The summed E-state index contributed by atoms with van der Waals surface area (Å²) >= 11 is 6.10. The summed E-state index contributed by atoms with van der Waals surface area (Å²) in [5.74, 6) is 0.189. The molecule has 0 aliphatic heterocycles. The average Bonchev–Trinajstić information content (AvgIpc) is 2.16. The molecule has 0 heterocycles. The lowest BCUT2D eigenvalue weighted by atomic mass is 9.98. The van der Waals surface area contributed by atoms with Crippen LogP contribution in [0.4, 0.5) is 0 Å². The summed E-state index contributed by atoms with van der Waals surface area (Å²) in [5.41, 5.74) is 14.1. The summed E-state index contributed by atoms with van der Waals surface area (Å²) in [4.78, 5) is 0. The molecule has 0 atom stereocenters. The molecule has 5 N–H and O–H groups in total. The molecule has 0 bridgehead atoms. The fourth-order valence-corrected chi connectivity index (χ4v) is 1.81. The highest BCUT2D eigenvalue weighted by Gasteiger charge is 2.15. The van der Waals surface area contributed by atoms with Gasteiger partial charge in [-0.2, -0.15) is 0 Å². The number of hydrogen-bond acceptors (Lipinski definition) is 3. The molecule has 1 aromatic rings. The maximum atomic E-state index is 9.86. The molecule has 78 valence electrons. The minimum absolute atomic E-state index is 0.189. The second-order valence-corrected chi connectivity index (χ2v) is 3.66. The number of nitrogens with two attached hydrogens (primary N) is 2. The minimum atomic E-state index is 0.189. The smallest absolute Gasteiger partial charge is 0.125 e. The summed E-state index contributed by atoms with van der Waals surface area (Å²) in [6.07, 6.45) is 0. The van der Waals surface area contributed by atoms with Gasteiger partial charge in [0.25, 0.3) is 0 Å². The highest BCUT2D eigenvalue weighted by atomic mass is 35.5. The van der Waals surface area contributed by atoms with Crippen molar-refractivity contribution in [2.45, 2.75) is 26.9 Å². The van der Waals surface area contributed by atoms with Gasteiger partial charge >= 0.3 is 0 Å². The van der Waals surface area contributed by atoms with E-state index in [2.05, 4.69) is 0 Å². The fourth-order valence-electron chi connectivity index (χ4n) is 1.58. The van der Waals surface area contributed by atoms with Crippen molar-refractivity contribution in [2.24, 2.45) is 11.5 Å². The van der Waals surface area contributed by atoms with Gasteiger partial charge in [0.1, 0.15) is 5.75 Å². The quantitative estimate of drug-likeness (QED) is 0.700. The third kappa shape index (κ3) is 1.59. The zero-order valence-corrected chi connectivity index (χ0v) is 9.15. The summed E-state index contributed by atoms with van der Waals surface area (Å²) in [6.45, 7) is 4.23. The monoisotopic (exact) mass is 214 g/mol. The van der Waals surface area contributed by atoms with Crippen molar-refractivity contribution in [1.82, 2.24) is 0 Å². The number of phenols is 1. The Morgan fingerprint density at radius 3 is 1.71 bits per heavy atom. The second-order valence-electron chi connectivity index (χ2n) is 3.28. The molecule has 0 aliphatic rings. The van der Waals surface area contributed by atoms with Crippen LogP contribution in [-0.4, -0.2) is 5.11 Å². The van der Waals surface area contributed by atoms with E-state index >= 15 is 0 Å². The van der Waals surface area contributed by atoms with Crippen molar-refractivity contribution < 1.29 is 5.11 Å². The molecule has 0 aromatic heterocycles. The molecule has 0 radical (unpaired) electrons. The molecule has 0 unspecified atom stereocenters. The Labute approximate surface area is 88.7 Å². The molecular weight excluding hydrogens is 200 g/mol. The van der Waals surface area contributed by atoms with E-state index in [0.717, 1.165) is 11.1 Å². The first kappa shape index (κ1) is 11.3. The van der Waals surface area contributed by atoms with E-state index in [9.17, 15) is 5.11 Å². The molecule has 4 heteroatoms. The molecule has 1 rings (SSSR count). The molecular formula is C10H15ClN2O. The molecule has 0 spiro atoms. The normalized spacial score (nSPS) is 10.6. The lowest BCUT2D eigenvalue weighted by Gasteiger charge is -2.15. The van der Waals surface area contributed by atoms with Gasteiger partial charge in [0.15, 0.2) is 0 Å². The highest BCUT2D eigenvalue weighted by Crippen LogP contribution is 2.34. The topological polar surface area (TPSA) is 72.3 Å². The van der Waals surface area contributed by atoms with Crippen molar-refractivity contribution in [3.63, 3.8) is 0 Å². The van der Waals surface area contributed by atoms with E-state index in [1.807, 2.05) is 13.8 Å². The van der Waals surface area contributed by atoms with E-state index in [1.54, 1.807) is 0 Å². The number of rotatable bonds is 2. The summed E-state index contributed by atoms with van der Waals surface area (Å²) in [5, 5.41) is 10.5. The molecule has 0 saturated heterocycles. The molecule has 3 nitrogen and oxygen atoms in total. The van der Waals surface area contributed by atoms with Crippen LogP contribution in [0.3, 0.4) is 0 Å². The van der Waals surface area contributed by atoms with E-state index in [4.69, 9.17) is 23.1 Å². The maximum Gasteiger partial charge on any atom is 0.125 e. The second kappa shape index (κ2) is 4.17. The van der Waals surface area contributed by atoms with Crippen LogP contribution in [0, 0.1) is 13.8 Å². The van der Waals surface area contributed by atoms with Gasteiger partial charge in [0, 0.05) is 29.2 Å². The Morgan fingerprint density at radius 2 is 1.43 bits per heavy atom. The number of phenolic OH excluding ortho intramolecular Hbond substituents is 1. The zero-order valence-electron chi connectivity index (χ0n) is 8.39. The molecule has 0 aliphatic carbocycles. The van der Waals surface area contributed by atoms with Crippen LogP contribution in [0.25, 0.3) is 0 Å². The van der Waals surface area contributed by atoms with Crippen LogP contribution in [0.5, 0.6) is 5.75 Å². The van der Waals surface area contributed by atoms with Gasteiger partial charge in [-0.1, -0.05) is 11.6 Å². The Morgan fingerprint density at radius 1 is 1.07 bits per heavy atom. The van der Waals surface area contributed by atoms with E-state index < -0.39 is 0 Å². The van der Waals surface area contributed by atoms with Crippen molar-refractivity contribution in [3.8, 4) is 5.75 Å². The van der Waals surface area contributed by atoms with E-state index in [-0.39, 0.29) is 18.8 Å². The van der Waals surface area contributed by atoms with Crippen molar-refractivity contribution in [2.75, 3.05) is 0 Å². The summed E-state index contributed by atoms with van der Waals surface area (Å²) in [7, 11) is 0. The van der Waals surface area contributed by atoms with Crippen LogP contribution < -0.4 is 11.5 Å². The lowest BCUT2D eigenvalue weighted by molar-refractivity contribution is 0.460. The highest BCUT2D eigenvalue weighted by molar-refractivity contribution is 6.32. The number of halogens is 1. The Kier molecular flexibility index (Phi) is 3.37. The van der Waals surface area contributed by atoms with Gasteiger partial charge in [0.05, 0.1) is 0 Å². The van der Waals surface area contributed by atoms with Gasteiger partial charge in [-0.25, -0.2) is 0 Å². The molecule has 0 amide bonds. The average molecular weight is 215 g/mol. The Bertz CT molecular complexity index is 333. The van der Waals surface area contributed by atoms with Gasteiger partial charge in [-0.05, 0) is 25.0 Å². The summed E-state index contributed by atoms with van der Waals surface area (Å²) < 4.78 is 0. The van der Waals surface area contributed by atoms with Crippen molar-refractivity contribution >= 4 is 11.6 Å². The lowest BCUT2D eigenvalue weighted by Crippen LogP contribution is -2.07. The van der Waals surface area contributed by atoms with Crippen LogP contribution in [-0.2, 0) is 13.1 Å². The Hall–Kier alpha value is -0.770. The van der Waals surface area contributed by atoms with Crippen LogP contribution in [0.1, 0.15) is 22.3 Å². The largest absolute Gasteiger partial charge is 0.507 e.